The molecule has 0 heterocycles. The molecule has 0 aliphatic rings. The number of hydrazine groups is 1. The van der Waals surface area contributed by atoms with Crippen molar-refractivity contribution in [2.75, 3.05) is 34.4 Å². The predicted molar refractivity (Wildman–Crippen MR) is 124 cm³/mol. The van der Waals surface area contributed by atoms with Gasteiger partial charge in [-0.1, -0.05) is 13.0 Å². The number of carbonyl (C=O) groups is 3. The molecule has 0 saturated carbocycles. The normalized spacial score (nSPS) is 11.0. The number of rotatable bonds is 10. The summed E-state index contributed by atoms with van der Waals surface area (Å²) in [5.74, 6) is -1.06. The minimum absolute atomic E-state index is 0.0524. The number of sulfonamides is 1. The minimum atomic E-state index is -3.71. The second-order valence-corrected chi connectivity index (χ2v) is 9.37. The molecule has 0 atom stereocenters. The van der Waals surface area contributed by atoms with Crippen LogP contribution in [0, 0.1) is 0 Å². The molecule has 12 heteroatoms. The van der Waals surface area contributed by atoms with E-state index < -0.39 is 34.3 Å². The maximum absolute atomic E-state index is 12.3. The lowest BCUT2D eigenvalue weighted by atomic mass is 10.2. The Kier molecular flexibility index (Phi) is 9.39. The van der Waals surface area contributed by atoms with Crippen LogP contribution in [-0.4, -0.2) is 64.8 Å². The molecule has 0 aromatic heterocycles. The molecule has 0 unspecified atom stereocenters. The zero-order valence-electron chi connectivity index (χ0n) is 19.4. The summed E-state index contributed by atoms with van der Waals surface area (Å²) in [6, 6.07) is 10.0. The van der Waals surface area contributed by atoms with E-state index in [0.717, 1.165) is 10.7 Å². The zero-order chi connectivity index (χ0) is 25.3. The Morgan fingerprint density at radius 3 is 2.29 bits per heavy atom. The van der Waals surface area contributed by atoms with Crippen LogP contribution < -0.4 is 25.6 Å². The number of hydrogen-bond donors (Lipinski definition) is 3. The van der Waals surface area contributed by atoms with Crippen LogP contribution in [-0.2, 0) is 14.8 Å². The van der Waals surface area contributed by atoms with Crippen LogP contribution >= 0.6 is 0 Å². The summed E-state index contributed by atoms with van der Waals surface area (Å²) in [5, 5.41) is 2.37. The Balaban J connectivity index is 1.91. The van der Waals surface area contributed by atoms with Gasteiger partial charge >= 0.3 is 0 Å². The second kappa shape index (κ2) is 12.0. The number of methoxy groups -OCH3 is 1. The van der Waals surface area contributed by atoms with Crippen LogP contribution in [0.4, 0.5) is 0 Å². The van der Waals surface area contributed by atoms with E-state index in [1.807, 2.05) is 6.92 Å². The van der Waals surface area contributed by atoms with E-state index in [2.05, 4.69) is 16.2 Å². The van der Waals surface area contributed by atoms with E-state index in [-0.39, 0.29) is 16.0 Å². The highest BCUT2D eigenvalue weighted by Crippen LogP contribution is 2.28. The summed E-state index contributed by atoms with van der Waals surface area (Å²) < 4.78 is 36.2. The fourth-order valence-electron chi connectivity index (χ4n) is 2.65. The van der Waals surface area contributed by atoms with Gasteiger partial charge in [0.2, 0.25) is 10.0 Å². The molecule has 184 valence electrons. The van der Waals surface area contributed by atoms with Crippen LogP contribution in [0.1, 0.15) is 34.1 Å². The van der Waals surface area contributed by atoms with E-state index in [9.17, 15) is 22.8 Å². The molecule has 3 amide bonds. The lowest BCUT2D eigenvalue weighted by Gasteiger charge is -2.13. The highest BCUT2D eigenvalue weighted by molar-refractivity contribution is 7.89. The maximum atomic E-state index is 12.3. The van der Waals surface area contributed by atoms with Crippen molar-refractivity contribution in [3.8, 4) is 11.5 Å². The van der Waals surface area contributed by atoms with Crippen molar-refractivity contribution in [3.63, 3.8) is 0 Å². The Labute approximate surface area is 198 Å². The Hall–Kier alpha value is -3.64. The lowest BCUT2D eigenvalue weighted by molar-refractivity contribution is -0.120. The fourth-order valence-corrected chi connectivity index (χ4v) is 3.60. The number of carbonyl (C=O) groups excluding carboxylic acids is 3. The fraction of sp³-hybridized carbons (Fsp3) is 0.318. The van der Waals surface area contributed by atoms with Crippen molar-refractivity contribution in [2.24, 2.45) is 0 Å². The third kappa shape index (κ3) is 6.93. The molecule has 3 N–H and O–H groups in total. The Bertz CT molecular complexity index is 1150. The number of hydrogen-bond acceptors (Lipinski definition) is 7. The largest absolute Gasteiger partial charge is 0.493 e. The first-order valence-corrected chi connectivity index (χ1v) is 11.7. The predicted octanol–water partition coefficient (Wildman–Crippen LogP) is 0.925. The van der Waals surface area contributed by atoms with Crippen molar-refractivity contribution in [1.82, 2.24) is 20.5 Å². The van der Waals surface area contributed by atoms with Crippen molar-refractivity contribution >= 4 is 27.7 Å². The smallest absolute Gasteiger partial charge is 0.269 e. The van der Waals surface area contributed by atoms with Crippen molar-refractivity contribution in [2.45, 2.75) is 18.2 Å². The van der Waals surface area contributed by atoms with Gasteiger partial charge in [0.1, 0.15) is 0 Å². The SMILES string of the molecule is CCCOc1ccc(C(=O)NNC(=O)CNC(=O)c2cccc(S(=O)(=O)N(C)C)c2)cc1OC. The summed E-state index contributed by atoms with van der Waals surface area (Å²) in [5.41, 5.74) is 4.74. The van der Waals surface area contributed by atoms with E-state index in [1.54, 1.807) is 6.07 Å². The zero-order valence-corrected chi connectivity index (χ0v) is 20.2. The first-order chi connectivity index (χ1) is 16.1. The summed E-state index contributed by atoms with van der Waals surface area (Å²) in [7, 11) is 0.499. The second-order valence-electron chi connectivity index (χ2n) is 7.21. The molecular formula is C22H28N4O7S. The average molecular weight is 493 g/mol. The third-order valence-electron chi connectivity index (χ3n) is 4.49. The van der Waals surface area contributed by atoms with Gasteiger partial charge in [-0.15, -0.1) is 0 Å². The molecular weight excluding hydrogens is 464 g/mol. The molecule has 34 heavy (non-hydrogen) atoms. The number of nitrogens with one attached hydrogen (secondary N) is 3. The van der Waals surface area contributed by atoms with Crippen molar-refractivity contribution in [3.05, 3.63) is 53.6 Å². The van der Waals surface area contributed by atoms with Gasteiger partial charge < -0.3 is 14.8 Å². The van der Waals surface area contributed by atoms with E-state index in [0.29, 0.717) is 18.1 Å². The van der Waals surface area contributed by atoms with Gasteiger partial charge in [0, 0.05) is 25.2 Å². The van der Waals surface area contributed by atoms with Crippen LogP contribution in [0.5, 0.6) is 11.5 Å². The molecule has 0 radical (unpaired) electrons. The van der Waals surface area contributed by atoms with E-state index in [4.69, 9.17) is 9.47 Å². The van der Waals surface area contributed by atoms with Crippen LogP contribution in [0.2, 0.25) is 0 Å². The first kappa shape index (κ1) is 26.6. The number of amides is 3. The third-order valence-corrected chi connectivity index (χ3v) is 6.30. The molecule has 2 rings (SSSR count). The van der Waals surface area contributed by atoms with Crippen LogP contribution in [0.3, 0.4) is 0 Å². The Morgan fingerprint density at radius 1 is 0.941 bits per heavy atom. The standard InChI is InChI=1S/C22H28N4O7S/c1-5-11-33-18-10-9-16(13-19(18)32-4)22(29)25-24-20(27)14-23-21(28)15-7-6-8-17(12-15)34(30,31)26(2)3/h6-10,12-13H,5,11,14H2,1-4H3,(H,23,28)(H,24,27)(H,25,29). The van der Waals surface area contributed by atoms with Crippen LogP contribution in [0.15, 0.2) is 47.4 Å². The topological polar surface area (TPSA) is 143 Å². The highest BCUT2D eigenvalue weighted by Gasteiger charge is 2.19. The van der Waals surface area contributed by atoms with Gasteiger partial charge in [-0.3, -0.25) is 25.2 Å². The number of ether oxygens (including phenoxy) is 2. The van der Waals surface area contributed by atoms with Gasteiger partial charge in [-0.05, 0) is 42.8 Å². The molecule has 0 aliphatic heterocycles. The maximum Gasteiger partial charge on any atom is 0.269 e. The van der Waals surface area contributed by atoms with E-state index >= 15 is 0 Å². The molecule has 2 aromatic rings. The Morgan fingerprint density at radius 2 is 1.65 bits per heavy atom. The average Bonchev–Trinajstić information content (AvgIpc) is 2.84. The molecule has 11 nitrogen and oxygen atoms in total. The van der Waals surface area contributed by atoms with Crippen molar-refractivity contribution in [1.29, 1.82) is 0 Å². The molecule has 0 saturated heterocycles. The molecule has 0 aliphatic carbocycles. The molecule has 0 fully saturated rings. The summed E-state index contributed by atoms with van der Waals surface area (Å²) in [6.45, 7) is 2.02. The summed E-state index contributed by atoms with van der Waals surface area (Å²) >= 11 is 0. The molecule has 0 bridgehead atoms. The highest BCUT2D eigenvalue weighted by atomic mass is 32.2. The van der Waals surface area contributed by atoms with Crippen molar-refractivity contribution < 1.29 is 32.3 Å². The van der Waals surface area contributed by atoms with Gasteiger partial charge in [0.25, 0.3) is 17.7 Å². The lowest BCUT2D eigenvalue weighted by Crippen LogP contribution is -2.46. The summed E-state index contributed by atoms with van der Waals surface area (Å²) in [6.07, 6.45) is 0.814. The van der Waals surface area contributed by atoms with Gasteiger partial charge in [-0.2, -0.15) is 0 Å². The van der Waals surface area contributed by atoms with Gasteiger partial charge in [-0.25, -0.2) is 12.7 Å². The first-order valence-electron chi connectivity index (χ1n) is 10.3. The van der Waals surface area contributed by atoms with Gasteiger partial charge in [0.05, 0.1) is 25.2 Å². The summed E-state index contributed by atoms with van der Waals surface area (Å²) in [4.78, 5) is 36.6. The van der Waals surface area contributed by atoms with E-state index in [1.165, 1.54) is 57.6 Å². The van der Waals surface area contributed by atoms with Crippen LogP contribution in [0.25, 0.3) is 0 Å². The molecule has 2 aromatic carbocycles. The number of nitrogens with zero attached hydrogens (tertiary/aromatic N) is 1. The molecule has 0 spiro atoms. The van der Waals surface area contributed by atoms with Gasteiger partial charge in [0.15, 0.2) is 11.5 Å². The monoisotopic (exact) mass is 492 g/mol. The number of benzene rings is 2. The minimum Gasteiger partial charge on any atom is -0.493 e. The quantitative estimate of drug-likeness (QED) is 0.419.